The number of carbonyl (C=O) groups is 3. The number of carbonyl (C=O) groups excluding carboxylic acids is 3. The van der Waals surface area contributed by atoms with Crippen molar-refractivity contribution in [1.82, 2.24) is 25.1 Å². The topological polar surface area (TPSA) is 117 Å². The first-order valence-electron chi connectivity index (χ1n) is 15.1. The Labute approximate surface area is 258 Å². The molecule has 2 aromatic rings. The lowest BCUT2D eigenvalue weighted by Crippen LogP contribution is -2.48. The van der Waals surface area contributed by atoms with Gasteiger partial charge in [-0.15, -0.1) is 0 Å². The van der Waals surface area contributed by atoms with Crippen LogP contribution in [0.5, 0.6) is 11.5 Å². The second-order valence-electron chi connectivity index (χ2n) is 12.4. The fourth-order valence-electron chi connectivity index (χ4n) is 5.27. The van der Waals surface area contributed by atoms with Gasteiger partial charge in [0.2, 0.25) is 5.91 Å². The number of halogens is 1. The highest BCUT2D eigenvalue weighted by Crippen LogP contribution is 2.36. The first-order valence-corrected chi connectivity index (χ1v) is 15.1. The van der Waals surface area contributed by atoms with Gasteiger partial charge in [0.25, 0.3) is 5.91 Å². The van der Waals surface area contributed by atoms with E-state index in [1.807, 2.05) is 32.6 Å². The summed E-state index contributed by atoms with van der Waals surface area (Å²) in [7, 11) is 0. The zero-order valence-electron chi connectivity index (χ0n) is 26.6. The third-order valence-electron chi connectivity index (χ3n) is 7.65. The molecule has 0 radical (unpaired) electrons. The monoisotopic (exact) mass is 610 g/mol. The van der Waals surface area contributed by atoms with Crippen LogP contribution in [0.1, 0.15) is 71.7 Å². The molecular weight excluding hydrogens is 567 g/mol. The molecular formula is C32H43FN6O5. The summed E-state index contributed by atoms with van der Waals surface area (Å²) >= 11 is 0. The van der Waals surface area contributed by atoms with Crippen molar-refractivity contribution in [3.8, 4) is 11.5 Å². The number of anilines is 1. The number of benzene rings is 1. The van der Waals surface area contributed by atoms with Gasteiger partial charge in [-0.1, -0.05) is 5.57 Å². The molecule has 0 saturated carbocycles. The second-order valence-corrected chi connectivity index (χ2v) is 12.4. The molecule has 1 N–H and O–H groups in total. The Balaban J connectivity index is 1.41. The molecule has 1 aromatic carbocycles. The standard InChI is InChI=1S/C32H43FN6O5/c1-8-38(20(2)3)30(41)24-14-23(33)11-12-26(24)43-27-16-34-19-36-28(27)37-17-22(18-37)21(4)15-35-29(40)25-10-9-13-39(25)31(42)44-32(5,6)7/h11-12,14,16,19-20,25H,8-10,13,15,17-18H2,1-7H3,(H,35,40)/t25-/m0/s1. The highest BCUT2D eigenvalue weighted by Gasteiger charge is 2.37. The van der Waals surface area contributed by atoms with Crippen LogP contribution in [0.2, 0.25) is 0 Å². The maximum atomic E-state index is 14.2. The Morgan fingerprint density at radius 1 is 1.18 bits per heavy atom. The van der Waals surface area contributed by atoms with Gasteiger partial charge in [0, 0.05) is 38.8 Å². The van der Waals surface area contributed by atoms with Crippen molar-refractivity contribution in [2.75, 3.05) is 37.6 Å². The fourth-order valence-corrected chi connectivity index (χ4v) is 5.27. The van der Waals surface area contributed by atoms with Crippen molar-refractivity contribution in [2.45, 2.75) is 79.0 Å². The van der Waals surface area contributed by atoms with Crippen molar-refractivity contribution < 1.29 is 28.2 Å². The van der Waals surface area contributed by atoms with Crippen molar-refractivity contribution in [1.29, 1.82) is 0 Å². The quantitative estimate of drug-likeness (QED) is 0.398. The zero-order chi connectivity index (χ0) is 32.2. The zero-order valence-corrected chi connectivity index (χ0v) is 26.6. The molecule has 2 aliphatic rings. The van der Waals surface area contributed by atoms with E-state index in [0.29, 0.717) is 50.7 Å². The molecule has 1 atom stereocenters. The Hall–Kier alpha value is -4.22. The normalized spacial score (nSPS) is 16.5. The second kappa shape index (κ2) is 13.6. The average molecular weight is 611 g/mol. The number of rotatable bonds is 9. The highest BCUT2D eigenvalue weighted by molar-refractivity contribution is 5.97. The fraction of sp³-hybridized carbons (Fsp3) is 0.531. The number of ether oxygens (including phenoxy) is 2. The third kappa shape index (κ3) is 7.64. The first-order chi connectivity index (χ1) is 20.8. The molecule has 0 unspecified atom stereocenters. The molecule has 2 saturated heterocycles. The maximum absolute atomic E-state index is 14.2. The molecule has 3 heterocycles. The van der Waals surface area contributed by atoms with Crippen LogP contribution in [0.4, 0.5) is 15.0 Å². The maximum Gasteiger partial charge on any atom is 0.410 e. The molecule has 0 aliphatic carbocycles. The molecule has 44 heavy (non-hydrogen) atoms. The van der Waals surface area contributed by atoms with Crippen LogP contribution in [0, 0.1) is 5.82 Å². The number of nitrogens with one attached hydrogen (secondary N) is 1. The summed E-state index contributed by atoms with van der Waals surface area (Å²) in [6.07, 6.45) is 3.82. The molecule has 2 fully saturated rings. The lowest BCUT2D eigenvalue weighted by molar-refractivity contribution is -0.125. The Morgan fingerprint density at radius 3 is 2.57 bits per heavy atom. The van der Waals surface area contributed by atoms with Crippen molar-refractivity contribution in [3.63, 3.8) is 0 Å². The predicted octanol–water partition coefficient (Wildman–Crippen LogP) is 4.93. The van der Waals surface area contributed by atoms with E-state index in [1.54, 1.807) is 25.7 Å². The Bertz CT molecular complexity index is 1410. The van der Waals surface area contributed by atoms with Gasteiger partial charge in [0.05, 0.1) is 11.8 Å². The summed E-state index contributed by atoms with van der Waals surface area (Å²) < 4.78 is 25.8. The highest BCUT2D eigenvalue weighted by atomic mass is 19.1. The first kappa shape index (κ1) is 32.7. The molecule has 3 amide bonds. The van der Waals surface area contributed by atoms with Crippen molar-refractivity contribution in [2.24, 2.45) is 0 Å². The molecule has 11 nitrogen and oxygen atoms in total. The minimum absolute atomic E-state index is 0.0689. The molecule has 0 spiro atoms. The van der Waals surface area contributed by atoms with Crippen molar-refractivity contribution >= 4 is 23.7 Å². The summed E-state index contributed by atoms with van der Waals surface area (Å²) in [5, 5.41) is 2.98. The van der Waals surface area contributed by atoms with Crippen LogP contribution in [-0.2, 0) is 9.53 Å². The van der Waals surface area contributed by atoms with Gasteiger partial charge in [0.15, 0.2) is 11.6 Å². The summed E-state index contributed by atoms with van der Waals surface area (Å²) in [4.78, 5) is 52.5. The summed E-state index contributed by atoms with van der Waals surface area (Å²) in [5.41, 5.74) is 1.65. The molecule has 12 heteroatoms. The van der Waals surface area contributed by atoms with Crippen LogP contribution < -0.4 is 15.0 Å². The summed E-state index contributed by atoms with van der Waals surface area (Å²) in [6.45, 7) is 15.5. The Morgan fingerprint density at radius 2 is 1.91 bits per heavy atom. The number of amides is 3. The molecule has 0 bridgehead atoms. The lowest BCUT2D eigenvalue weighted by atomic mass is 10.0. The van der Waals surface area contributed by atoms with Gasteiger partial charge in [-0.25, -0.2) is 19.2 Å². The predicted molar refractivity (Wildman–Crippen MR) is 164 cm³/mol. The number of likely N-dealkylation sites (tertiary alicyclic amines) is 1. The van der Waals surface area contributed by atoms with E-state index in [9.17, 15) is 18.8 Å². The minimum Gasteiger partial charge on any atom is -0.451 e. The molecule has 238 valence electrons. The van der Waals surface area contributed by atoms with Gasteiger partial charge in [-0.05, 0) is 85.1 Å². The number of hydrogen-bond acceptors (Lipinski definition) is 8. The van der Waals surface area contributed by atoms with Gasteiger partial charge >= 0.3 is 6.09 Å². The summed E-state index contributed by atoms with van der Waals surface area (Å²) in [5.74, 6) is 0.0474. The minimum atomic E-state index is -0.630. The van der Waals surface area contributed by atoms with E-state index in [1.165, 1.54) is 35.6 Å². The number of aromatic nitrogens is 2. The molecule has 1 aromatic heterocycles. The van der Waals surface area contributed by atoms with E-state index in [-0.39, 0.29) is 29.2 Å². The SMILES string of the molecule is CCN(C(=O)c1cc(F)ccc1Oc1cncnc1N1CC(=C(C)CNC(=O)[C@@H]2CCCN2C(=O)OC(C)(C)C)C1)C(C)C. The van der Waals surface area contributed by atoms with Gasteiger partial charge < -0.3 is 24.6 Å². The van der Waals surface area contributed by atoms with Gasteiger partial charge in [-0.3, -0.25) is 14.5 Å². The van der Waals surface area contributed by atoms with E-state index in [4.69, 9.17) is 9.47 Å². The van der Waals surface area contributed by atoms with E-state index < -0.39 is 23.6 Å². The van der Waals surface area contributed by atoms with Crippen LogP contribution in [0.15, 0.2) is 41.9 Å². The molecule has 4 rings (SSSR count). The van der Waals surface area contributed by atoms with E-state index >= 15 is 0 Å². The van der Waals surface area contributed by atoms with Gasteiger partial charge in [-0.2, -0.15) is 0 Å². The van der Waals surface area contributed by atoms with Crippen LogP contribution in [0.3, 0.4) is 0 Å². The Kier molecular flexibility index (Phi) is 10.1. The number of hydrogen-bond donors (Lipinski definition) is 1. The van der Waals surface area contributed by atoms with Crippen LogP contribution in [-0.4, -0.2) is 88.1 Å². The third-order valence-corrected chi connectivity index (χ3v) is 7.65. The van der Waals surface area contributed by atoms with Crippen molar-refractivity contribution in [3.05, 3.63) is 53.3 Å². The van der Waals surface area contributed by atoms with E-state index in [0.717, 1.165) is 17.6 Å². The largest absolute Gasteiger partial charge is 0.451 e. The lowest BCUT2D eigenvalue weighted by Gasteiger charge is -2.37. The smallest absolute Gasteiger partial charge is 0.410 e. The average Bonchev–Trinajstić information content (AvgIpc) is 3.42. The van der Waals surface area contributed by atoms with Crippen LogP contribution in [0.25, 0.3) is 0 Å². The molecule has 2 aliphatic heterocycles. The number of nitrogens with zero attached hydrogens (tertiary/aromatic N) is 5. The van der Waals surface area contributed by atoms with Gasteiger partial charge in [0.1, 0.15) is 29.5 Å². The van der Waals surface area contributed by atoms with Crippen LogP contribution >= 0.6 is 0 Å². The van der Waals surface area contributed by atoms with E-state index in [2.05, 4.69) is 15.3 Å². The summed E-state index contributed by atoms with van der Waals surface area (Å²) in [6, 6.07) is 3.26.